The summed E-state index contributed by atoms with van der Waals surface area (Å²) in [6.07, 6.45) is 0. The van der Waals surface area contributed by atoms with Crippen molar-refractivity contribution in [2.24, 2.45) is 0 Å². The number of hydrogen-bond acceptors (Lipinski definition) is 7. The van der Waals surface area contributed by atoms with Gasteiger partial charge < -0.3 is 14.8 Å². The smallest absolute Gasteiger partial charge is 0.338 e. The molecule has 6 rings (SSSR count). The number of rotatable bonds is 10. The monoisotopic (exact) mass is 754 g/mol. The van der Waals surface area contributed by atoms with Crippen molar-refractivity contribution in [2.75, 3.05) is 5.32 Å². The molecule has 1 aliphatic heterocycles. The number of ether oxygens (including phenoxy) is 2. The van der Waals surface area contributed by atoms with E-state index in [9.17, 15) is 4.79 Å². The maximum atomic E-state index is 13.9. The highest BCUT2D eigenvalue weighted by Crippen LogP contribution is 2.42. The molecule has 0 fully saturated rings. The molecule has 0 amide bonds. The average molecular weight is 757 g/mol. The lowest BCUT2D eigenvalue weighted by molar-refractivity contribution is -0.140. The third-order valence-electron chi connectivity index (χ3n) is 7.25. The zero-order valence-electron chi connectivity index (χ0n) is 24.3. The molecule has 0 saturated carbocycles. The lowest BCUT2D eigenvalue weighted by Gasteiger charge is -2.29. The Balaban J connectivity index is 1.37. The van der Waals surface area contributed by atoms with Gasteiger partial charge in [0, 0.05) is 42.1 Å². The first-order chi connectivity index (χ1) is 22.3. The number of aromatic nitrogens is 3. The molecular formula is C34H26BrCl3N4O3S. The molecule has 4 aromatic carbocycles. The Morgan fingerprint density at radius 2 is 1.72 bits per heavy atom. The van der Waals surface area contributed by atoms with E-state index >= 15 is 0 Å². The Labute approximate surface area is 294 Å². The van der Waals surface area contributed by atoms with E-state index < -0.39 is 12.0 Å². The molecule has 5 aromatic rings. The van der Waals surface area contributed by atoms with Crippen LogP contribution in [0.4, 0.5) is 5.95 Å². The van der Waals surface area contributed by atoms with E-state index in [0.717, 1.165) is 21.2 Å². The Hall–Kier alpha value is -3.47. The van der Waals surface area contributed by atoms with E-state index in [0.29, 0.717) is 54.5 Å². The topological polar surface area (TPSA) is 78.3 Å². The molecule has 1 atom stereocenters. The summed E-state index contributed by atoms with van der Waals surface area (Å²) in [5, 5.41) is 10.4. The van der Waals surface area contributed by atoms with Crippen molar-refractivity contribution in [3.05, 3.63) is 144 Å². The highest BCUT2D eigenvalue weighted by atomic mass is 79.9. The fraction of sp³-hybridized carbons (Fsp3) is 0.147. The SMILES string of the molecule is CC1=C(C(=O)OCc2ccccc2)C(c2cc(Br)ccc2OCc2ccc(Cl)cc2Cl)n2nc(SCc3ccccc3Cl)nc2N1. The van der Waals surface area contributed by atoms with Gasteiger partial charge in [0.1, 0.15) is 25.0 Å². The van der Waals surface area contributed by atoms with Crippen molar-refractivity contribution in [1.29, 1.82) is 0 Å². The van der Waals surface area contributed by atoms with Crippen molar-refractivity contribution < 1.29 is 14.3 Å². The minimum Gasteiger partial charge on any atom is -0.488 e. The summed E-state index contributed by atoms with van der Waals surface area (Å²) in [5.41, 5.74) is 4.26. The zero-order chi connectivity index (χ0) is 32.2. The van der Waals surface area contributed by atoms with Gasteiger partial charge in [-0.1, -0.05) is 117 Å². The quantitative estimate of drug-likeness (QED) is 0.112. The van der Waals surface area contributed by atoms with Gasteiger partial charge >= 0.3 is 5.97 Å². The van der Waals surface area contributed by atoms with Gasteiger partial charge in [-0.3, -0.25) is 0 Å². The highest BCUT2D eigenvalue weighted by molar-refractivity contribution is 9.10. The Morgan fingerprint density at radius 3 is 2.50 bits per heavy atom. The van der Waals surface area contributed by atoms with Crippen LogP contribution in [0.2, 0.25) is 15.1 Å². The van der Waals surface area contributed by atoms with E-state index in [1.54, 1.807) is 16.8 Å². The molecule has 0 bridgehead atoms. The largest absolute Gasteiger partial charge is 0.488 e. The van der Waals surface area contributed by atoms with Gasteiger partial charge in [0.15, 0.2) is 0 Å². The second kappa shape index (κ2) is 14.5. The highest BCUT2D eigenvalue weighted by Gasteiger charge is 2.37. The third-order valence-corrected chi connectivity index (χ3v) is 9.58. The predicted octanol–water partition coefficient (Wildman–Crippen LogP) is 9.90. The van der Waals surface area contributed by atoms with E-state index in [2.05, 4.69) is 21.2 Å². The molecule has 46 heavy (non-hydrogen) atoms. The van der Waals surface area contributed by atoms with Crippen LogP contribution in [-0.2, 0) is 28.5 Å². The molecule has 0 radical (unpaired) electrons. The summed E-state index contributed by atoms with van der Waals surface area (Å²) >= 11 is 24.0. The fourth-order valence-corrected chi connectivity index (χ4v) is 6.92. The summed E-state index contributed by atoms with van der Waals surface area (Å²) < 4.78 is 14.7. The van der Waals surface area contributed by atoms with Crippen molar-refractivity contribution in [1.82, 2.24) is 14.8 Å². The zero-order valence-corrected chi connectivity index (χ0v) is 29.0. The predicted molar refractivity (Wildman–Crippen MR) is 187 cm³/mol. The lowest BCUT2D eigenvalue weighted by Crippen LogP contribution is -2.30. The number of allylic oxidation sites excluding steroid dienone is 1. The first-order valence-corrected chi connectivity index (χ1v) is 17.1. The van der Waals surface area contributed by atoms with E-state index in [1.807, 2.05) is 85.8 Å². The summed E-state index contributed by atoms with van der Waals surface area (Å²) in [4.78, 5) is 18.7. The summed E-state index contributed by atoms with van der Waals surface area (Å²) in [6.45, 7) is 2.12. The Bertz CT molecular complexity index is 1940. The molecule has 0 aliphatic carbocycles. The number of benzene rings is 4. The van der Waals surface area contributed by atoms with Crippen molar-refractivity contribution in [3.8, 4) is 5.75 Å². The molecule has 1 aliphatic rings. The Morgan fingerprint density at radius 1 is 0.935 bits per heavy atom. The van der Waals surface area contributed by atoms with Gasteiger partial charge in [-0.15, -0.1) is 5.10 Å². The number of thioether (sulfide) groups is 1. The van der Waals surface area contributed by atoms with Crippen LogP contribution in [0.5, 0.6) is 5.75 Å². The number of hydrogen-bond donors (Lipinski definition) is 1. The molecule has 7 nitrogen and oxygen atoms in total. The van der Waals surface area contributed by atoms with E-state index in [-0.39, 0.29) is 13.2 Å². The second-order valence-electron chi connectivity index (χ2n) is 10.4. The van der Waals surface area contributed by atoms with Crippen LogP contribution in [0.1, 0.15) is 35.2 Å². The fourth-order valence-electron chi connectivity index (χ4n) is 4.96. The van der Waals surface area contributed by atoms with Crippen molar-refractivity contribution >= 4 is 74.4 Å². The van der Waals surface area contributed by atoms with Crippen LogP contribution < -0.4 is 10.1 Å². The van der Waals surface area contributed by atoms with Gasteiger partial charge in [-0.25, -0.2) is 9.48 Å². The normalized spacial score (nSPS) is 14.1. The molecule has 0 spiro atoms. The number of nitrogens with one attached hydrogen (secondary N) is 1. The number of halogens is 4. The Kier molecular flexibility index (Phi) is 10.3. The number of anilines is 1. The molecule has 1 N–H and O–H groups in total. The van der Waals surface area contributed by atoms with Crippen LogP contribution in [0.15, 0.2) is 112 Å². The van der Waals surface area contributed by atoms with Crippen LogP contribution in [0.25, 0.3) is 0 Å². The van der Waals surface area contributed by atoms with Crippen molar-refractivity contribution in [3.63, 3.8) is 0 Å². The summed E-state index contributed by atoms with van der Waals surface area (Å²) in [5.74, 6) is 1.10. The number of carbonyl (C=O) groups excluding carboxylic acids is 1. The van der Waals surface area contributed by atoms with Crippen molar-refractivity contribution in [2.45, 2.75) is 37.1 Å². The first kappa shape index (κ1) is 32.5. The average Bonchev–Trinajstić information content (AvgIpc) is 3.45. The second-order valence-corrected chi connectivity index (χ2v) is 13.5. The standard InChI is InChI=1S/C34H26BrCl3N4O3S/c1-20-30(32(43)45-17-21-7-3-2-4-8-21)31(42-33(39-20)40-34(41-42)46-19-23-9-5-6-10-27(23)37)26-15-24(35)12-14-29(26)44-18-22-11-13-25(36)16-28(22)38/h2-16,31H,17-19H2,1H3,(H,39,40,41). The summed E-state index contributed by atoms with van der Waals surface area (Å²) in [7, 11) is 0. The number of esters is 1. The molecule has 0 saturated heterocycles. The van der Waals surface area contributed by atoms with E-state index in [1.165, 1.54) is 11.8 Å². The number of nitrogens with zero attached hydrogens (tertiary/aromatic N) is 3. The minimum absolute atomic E-state index is 0.114. The van der Waals surface area contributed by atoms with Gasteiger partial charge in [0.05, 0.1) is 5.57 Å². The third kappa shape index (κ3) is 7.40. The maximum absolute atomic E-state index is 13.9. The molecule has 2 heterocycles. The molecule has 234 valence electrons. The van der Waals surface area contributed by atoms with Crippen LogP contribution >= 0.6 is 62.5 Å². The number of carbonyl (C=O) groups is 1. The minimum atomic E-state index is -0.727. The van der Waals surface area contributed by atoms with Crippen LogP contribution in [0, 0.1) is 0 Å². The number of fused-ring (bicyclic) bond motifs is 1. The van der Waals surface area contributed by atoms with Crippen LogP contribution in [0.3, 0.4) is 0 Å². The van der Waals surface area contributed by atoms with E-state index in [4.69, 9.17) is 54.4 Å². The molecule has 1 aromatic heterocycles. The summed E-state index contributed by atoms with van der Waals surface area (Å²) in [6, 6.07) is 27.4. The van der Waals surface area contributed by atoms with Crippen LogP contribution in [-0.4, -0.2) is 20.7 Å². The lowest BCUT2D eigenvalue weighted by atomic mass is 9.95. The maximum Gasteiger partial charge on any atom is 0.338 e. The molecule has 12 heteroatoms. The van der Waals surface area contributed by atoms with Gasteiger partial charge in [0.25, 0.3) is 0 Å². The van der Waals surface area contributed by atoms with Gasteiger partial charge in [-0.2, -0.15) is 4.98 Å². The van der Waals surface area contributed by atoms with Gasteiger partial charge in [-0.05, 0) is 54.4 Å². The van der Waals surface area contributed by atoms with Gasteiger partial charge in [0.2, 0.25) is 11.1 Å². The molecule has 1 unspecified atom stereocenters. The molecular weight excluding hydrogens is 731 g/mol. The first-order valence-electron chi connectivity index (χ1n) is 14.1.